The standard InChI is InChI=1S/C25H21NO2.C21H18ClN3O/c27-22-14-8-16-24(18-22)28-23-15-7-13-21(17-23)26-25(19-9-3-1-4-10-19)20-11-5-2-6-12-20;22-15-7-4-14(5-8-15)6-11-20-19-10-9-18(13-21(19)25-24-20)26-17-3-1-2-16(23)12-17/h1-7,9-13,15,17-18H,8,14,16H2;1-8,11-13H,9-10,23H2,(H,24,25)/b;11-6+. The van der Waals surface area contributed by atoms with Gasteiger partial charge in [0.05, 0.1) is 22.8 Å². The Kier molecular flexibility index (Phi) is 11.6. The number of carbonyl (C=O) groups is 1. The number of nitrogens with one attached hydrogen (secondary N) is 1. The van der Waals surface area contributed by atoms with Gasteiger partial charge in [-0.05, 0) is 60.9 Å². The predicted octanol–water partition coefficient (Wildman–Crippen LogP) is 11.1. The molecule has 7 nitrogen and oxygen atoms in total. The molecule has 0 unspecified atom stereocenters. The van der Waals surface area contributed by atoms with E-state index in [0.29, 0.717) is 17.9 Å². The van der Waals surface area contributed by atoms with E-state index in [1.165, 1.54) is 5.56 Å². The second-order valence-corrected chi connectivity index (χ2v) is 13.3. The van der Waals surface area contributed by atoms with Crippen molar-refractivity contribution in [1.82, 2.24) is 10.2 Å². The van der Waals surface area contributed by atoms with Crippen LogP contribution in [0, 0.1) is 0 Å². The highest BCUT2D eigenvalue weighted by molar-refractivity contribution is 6.30. The summed E-state index contributed by atoms with van der Waals surface area (Å²) in [5.74, 6) is 3.21. The predicted molar refractivity (Wildman–Crippen MR) is 219 cm³/mol. The summed E-state index contributed by atoms with van der Waals surface area (Å²) in [5.41, 5.74) is 14.6. The molecule has 54 heavy (non-hydrogen) atoms. The SMILES string of the molecule is Nc1cccc(OC2=Cc3[nH]nc(/C=C/c4ccc(Cl)cc4)c3CC2)c1.O=C1C=C(Oc2cccc(N=C(c3ccccc3)c3ccccc3)c2)CCC1. The fourth-order valence-electron chi connectivity index (χ4n) is 6.18. The van der Waals surface area contributed by atoms with E-state index in [4.69, 9.17) is 31.8 Å². The van der Waals surface area contributed by atoms with Gasteiger partial charge >= 0.3 is 0 Å². The number of nitrogen functional groups attached to an aromatic ring is 1. The number of anilines is 1. The van der Waals surface area contributed by atoms with Crippen LogP contribution in [0.25, 0.3) is 18.2 Å². The van der Waals surface area contributed by atoms with Gasteiger partial charge in [0.25, 0.3) is 0 Å². The lowest BCUT2D eigenvalue weighted by Crippen LogP contribution is -2.07. The minimum atomic E-state index is 0.130. The molecule has 0 spiro atoms. The van der Waals surface area contributed by atoms with E-state index in [1.807, 2.05) is 127 Å². The summed E-state index contributed by atoms with van der Waals surface area (Å²) < 4.78 is 11.9. The average Bonchev–Trinajstić information content (AvgIpc) is 3.60. The summed E-state index contributed by atoms with van der Waals surface area (Å²) in [7, 11) is 0. The maximum Gasteiger partial charge on any atom is 0.159 e. The highest BCUT2D eigenvalue weighted by Gasteiger charge is 2.18. The molecule has 0 aliphatic heterocycles. The molecule has 0 fully saturated rings. The lowest BCUT2D eigenvalue weighted by molar-refractivity contribution is -0.115. The number of aromatic nitrogens is 2. The second-order valence-electron chi connectivity index (χ2n) is 12.9. The molecule has 3 N–H and O–H groups in total. The average molecular weight is 731 g/mol. The van der Waals surface area contributed by atoms with Gasteiger partial charge in [-0.2, -0.15) is 5.10 Å². The third-order valence-electron chi connectivity index (χ3n) is 8.84. The van der Waals surface area contributed by atoms with Crippen molar-refractivity contribution in [3.63, 3.8) is 0 Å². The number of carbonyl (C=O) groups excluding carboxylic acids is 1. The minimum Gasteiger partial charge on any atom is -0.462 e. The van der Waals surface area contributed by atoms with Crippen molar-refractivity contribution in [2.24, 2.45) is 4.99 Å². The van der Waals surface area contributed by atoms with E-state index in [9.17, 15) is 4.79 Å². The fourth-order valence-corrected chi connectivity index (χ4v) is 6.31. The molecule has 2 aliphatic rings. The van der Waals surface area contributed by atoms with Crippen LogP contribution in [0.15, 0.2) is 156 Å². The smallest absolute Gasteiger partial charge is 0.159 e. The Hall–Kier alpha value is -6.44. The van der Waals surface area contributed by atoms with Gasteiger partial charge in [-0.1, -0.05) is 103 Å². The molecule has 2 aliphatic carbocycles. The number of benzene rings is 5. The Morgan fingerprint density at radius 2 is 1.37 bits per heavy atom. The Morgan fingerprint density at radius 3 is 2.06 bits per heavy atom. The largest absolute Gasteiger partial charge is 0.462 e. The molecule has 6 aromatic rings. The summed E-state index contributed by atoms with van der Waals surface area (Å²) in [4.78, 5) is 16.5. The maximum atomic E-state index is 11.6. The number of rotatable bonds is 9. The number of H-pyrrole nitrogens is 1. The van der Waals surface area contributed by atoms with Crippen LogP contribution in [-0.2, 0) is 11.2 Å². The summed E-state index contributed by atoms with van der Waals surface area (Å²) in [5, 5.41) is 8.26. The molecule has 8 rings (SSSR count). The van der Waals surface area contributed by atoms with E-state index < -0.39 is 0 Å². The number of allylic oxidation sites excluding steroid dienone is 3. The molecule has 5 aromatic carbocycles. The Morgan fingerprint density at radius 1 is 0.704 bits per heavy atom. The Labute approximate surface area is 320 Å². The van der Waals surface area contributed by atoms with Crippen molar-refractivity contribution in [2.45, 2.75) is 32.1 Å². The second kappa shape index (κ2) is 17.4. The first-order chi connectivity index (χ1) is 26.4. The van der Waals surface area contributed by atoms with Crippen molar-refractivity contribution in [1.29, 1.82) is 0 Å². The summed E-state index contributed by atoms with van der Waals surface area (Å²) in [6.45, 7) is 0. The van der Waals surface area contributed by atoms with E-state index in [0.717, 1.165) is 87.5 Å². The van der Waals surface area contributed by atoms with Crippen LogP contribution >= 0.6 is 11.6 Å². The molecular weight excluding hydrogens is 692 g/mol. The van der Waals surface area contributed by atoms with Gasteiger partial charge in [0.15, 0.2) is 5.78 Å². The number of hydrogen-bond acceptors (Lipinski definition) is 6. The first kappa shape index (κ1) is 35.9. The van der Waals surface area contributed by atoms with Gasteiger partial charge in [-0.15, -0.1) is 0 Å². The molecular formula is C46H39ClN4O3. The van der Waals surface area contributed by atoms with Gasteiger partial charge in [-0.3, -0.25) is 9.89 Å². The number of nitrogens with two attached hydrogens (primary N) is 1. The molecule has 8 heteroatoms. The lowest BCUT2D eigenvalue weighted by atomic mass is 9.99. The van der Waals surface area contributed by atoms with Crippen LogP contribution in [0.1, 0.15) is 59.3 Å². The number of ketones is 1. The van der Waals surface area contributed by atoms with Crippen LogP contribution in [0.4, 0.5) is 11.4 Å². The molecule has 0 saturated heterocycles. The molecule has 0 bridgehead atoms. The third kappa shape index (κ3) is 9.70. The van der Waals surface area contributed by atoms with E-state index >= 15 is 0 Å². The number of halogens is 1. The monoisotopic (exact) mass is 730 g/mol. The topological polar surface area (TPSA) is 103 Å². The van der Waals surface area contributed by atoms with E-state index in [1.54, 1.807) is 6.08 Å². The number of fused-ring (bicyclic) bond motifs is 1. The molecule has 0 saturated carbocycles. The number of ether oxygens (including phenoxy) is 2. The zero-order valence-corrected chi connectivity index (χ0v) is 30.4. The Bertz CT molecular complexity index is 2300. The molecule has 0 radical (unpaired) electrons. The molecule has 1 aromatic heterocycles. The molecule has 1 heterocycles. The highest BCUT2D eigenvalue weighted by Crippen LogP contribution is 2.29. The van der Waals surface area contributed by atoms with Crippen molar-refractivity contribution in [3.8, 4) is 11.5 Å². The zero-order valence-electron chi connectivity index (χ0n) is 29.6. The third-order valence-corrected chi connectivity index (χ3v) is 9.09. The van der Waals surface area contributed by atoms with Gasteiger partial charge in [-0.25, -0.2) is 4.99 Å². The first-order valence-electron chi connectivity index (χ1n) is 17.9. The van der Waals surface area contributed by atoms with E-state index in [-0.39, 0.29) is 5.78 Å². The van der Waals surface area contributed by atoms with Crippen molar-refractivity contribution in [2.75, 3.05) is 5.73 Å². The van der Waals surface area contributed by atoms with E-state index in [2.05, 4.69) is 34.5 Å². The molecule has 0 atom stereocenters. The van der Waals surface area contributed by atoms with Gasteiger partial charge < -0.3 is 15.2 Å². The van der Waals surface area contributed by atoms with Gasteiger partial charge in [0.1, 0.15) is 23.0 Å². The quantitative estimate of drug-likeness (QED) is 0.114. The molecule has 0 amide bonds. The van der Waals surface area contributed by atoms with Gasteiger partial charge in [0.2, 0.25) is 0 Å². The Balaban J connectivity index is 0.000000167. The fraction of sp³-hybridized carbons (Fsp3) is 0.109. The number of nitrogens with zero attached hydrogens (tertiary/aromatic N) is 2. The minimum absolute atomic E-state index is 0.130. The first-order valence-corrected chi connectivity index (χ1v) is 18.3. The summed E-state index contributed by atoms with van der Waals surface area (Å²) >= 11 is 5.92. The van der Waals surface area contributed by atoms with Crippen molar-refractivity contribution in [3.05, 3.63) is 190 Å². The zero-order chi connectivity index (χ0) is 37.1. The van der Waals surface area contributed by atoms with Crippen LogP contribution in [-0.4, -0.2) is 21.7 Å². The van der Waals surface area contributed by atoms with Crippen LogP contribution in [0.3, 0.4) is 0 Å². The van der Waals surface area contributed by atoms with Crippen LogP contribution in [0.5, 0.6) is 11.5 Å². The number of aliphatic imine (C=N–C) groups is 1. The summed E-state index contributed by atoms with van der Waals surface area (Å²) in [6.07, 6.45) is 11.6. The number of hydrogen-bond donors (Lipinski definition) is 2. The maximum absolute atomic E-state index is 11.6. The van der Waals surface area contributed by atoms with Gasteiger partial charge in [0, 0.05) is 70.9 Å². The molecule has 268 valence electrons. The van der Waals surface area contributed by atoms with Crippen molar-refractivity contribution >= 4 is 52.7 Å². The number of aromatic amines is 1. The lowest BCUT2D eigenvalue weighted by Gasteiger charge is -2.15. The van der Waals surface area contributed by atoms with Crippen LogP contribution < -0.4 is 15.2 Å². The van der Waals surface area contributed by atoms with Crippen LogP contribution in [0.2, 0.25) is 5.02 Å². The normalized spacial score (nSPS) is 13.5. The van der Waals surface area contributed by atoms with Crippen molar-refractivity contribution < 1.29 is 14.3 Å². The highest BCUT2D eigenvalue weighted by atomic mass is 35.5. The summed E-state index contributed by atoms with van der Waals surface area (Å²) in [6, 6.07) is 43.1.